The monoisotopic (exact) mass is 296 g/mol. The Kier molecular flexibility index (Phi) is 4.91. The maximum absolute atomic E-state index is 12.6. The van der Waals surface area contributed by atoms with Crippen molar-refractivity contribution >= 4 is 11.9 Å². The number of rotatable bonds is 5. The highest BCUT2D eigenvalue weighted by atomic mass is 16.2. The summed E-state index contributed by atoms with van der Waals surface area (Å²) in [5.41, 5.74) is -0.704. The minimum Gasteiger partial charge on any atom is -0.323 e. The second-order valence-corrected chi connectivity index (χ2v) is 7.52. The number of hydrogen-bond donors (Lipinski definition) is 2. The molecule has 2 rings (SSSR count). The van der Waals surface area contributed by atoms with Crippen LogP contribution in [0.1, 0.15) is 53.4 Å². The molecule has 2 heterocycles. The maximum Gasteiger partial charge on any atom is 0.329 e. The molecule has 0 aliphatic carbocycles. The molecule has 2 aliphatic heterocycles. The van der Waals surface area contributed by atoms with Gasteiger partial charge in [-0.2, -0.15) is 0 Å². The summed E-state index contributed by atoms with van der Waals surface area (Å²) < 4.78 is 0. The van der Waals surface area contributed by atoms with Crippen molar-refractivity contribution in [3.05, 3.63) is 0 Å². The molecule has 0 bridgehead atoms. The third-order valence-electron chi connectivity index (χ3n) is 4.93. The summed E-state index contributed by atoms with van der Waals surface area (Å²) in [5.74, 6) is 1.27. The van der Waals surface area contributed by atoms with E-state index in [4.69, 9.17) is 0 Å². The molecule has 0 radical (unpaired) electrons. The Morgan fingerprint density at radius 2 is 1.95 bits per heavy atom. The number of nitrogens with one attached hydrogen (secondary N) is 2. The van der Waals surface area contributed by atoms with E-state index in [-0.39, 0.29) is 11.9 Å². The highest BCUT2D eigenvalue weighted by molar-refractivity contribution is 6.06. The van der Waals surface area contributed by atoms with Gasteiger partial charge in [0.25, 0.3) is 5.91 Å². The number of nitrogens with zero attached hydrogens (tertiary/aromatic N) is 1. The van der Waals surface area contributed by atoms with Crippen molar-refractivity contribution in [2.45, 2.75) is 58.9 Å². The number of carbonyl (C=O) groups is 2. The average molecular weight is 296 g/mol. The number of piperidine rings is 1. The van der Waals surface area contributed by atoms with Crippen molar-refractivity contribution in [3.63, 3.8) is 0 Å². The van der Waals surface area contributed by atoms with Gasteiger partial charge in [0, 0.05) is 0 Å². The molecular weight excluding hydrogens is 266 g/mol. The number of likely N-dealkylation sites (tertiary alicyclic amines) is 1. The Bertz CT molecular complexity index is 402. The quantitative estimate of drug-likeness (QED) is 0.744. The Balaban J connectivity index is 1.95. The van der Waals surface area contributed by atoms with Crippen LogP contribution in [0.15, 0.2) is 0 Å². The van der Waals surface area contributed by atoms with Crippen LogP contribution in [-0.2, 0) is 4.79 Å². The van der Waals surface area contributed by atoms with E-state index in [0.717, 1.165) is 31.8 Å². The number of amides is 3. The van der Waals surface area contributed by atoms with Gasteiger partial charge in [0.2, 0.25) is 0 Å². The number of hydrogen-bond acceptors (Lipinski definition) is 2. The van der Waals surface area contributed by atoms with E-state index in [2.05, 4.69) is 26.1 Å². The number of carbonyl (C=O) groups excluding carboxylic acids is 2. The molecule has 2 N–H and O–H groups in total. The predicted molar refractivity (Wildman–Crippen MR) is 81.8 cm³/mol. The third-order valence-corrected chi connectivity index (χ3v) is 4.93. The van der Waals surface area contributed by atoms with Gasteiger partial charge in [-0.3, -0.25) is 4.79 Å². The van der Waals surface area contributed by atoms with Crippen LogP contribution in [0.4, 0.5) is 4.79 Å². The lowest BCUT2D eigenvalue weighted by Crippen LogP contribution is -3.14. The molecule has 0 aromatic heterocycles. The third kappa shape index (κ3) is 3.76. The lowest BCUT2D eigenvalue weighted by Gasteiger charge is -2.29. The molecule has 3 amide bonds. The highest BCUT2D eigenvalue weighted by Crippen LogP contribution is 2.24. The summed E-state index contributed by atoms with van der Waals surface area (Å²) in [7, 11) is 0. The Morgan fingerprint density at radius 1 is 1.33 bits per heavy atom. The van der Waals surface area contributed by atoms with Crippen molar-refractivity contribution in [1.29, 1.82) is 0 Å². The summed E-state index contributed by atoms with van der Waals surface area (Å²) in [4.78, 5) is 27.6. The van der Waals surface area contributed by atoms with E-state index in [9.17, 15) is 9.59 Å². The standard InChI is InChI=1S/C16H29N3O2/c1-12(2)5-8-16(4)14(20)19(15(21)17-16)11-18-9-6-13(3)7-10-18/h12-13H,5-11H2,1-4H3,(H,17,21)/p+1/t16-/m1/s1. The summed E-state index contributed by atoms with van der Waals surface area (Å²) in [6.45, 7) is 11.1. The van der Waals surface area contributed by atoms with Crippen LogP contribution in [0.2, 0.25) is 0 Å². The SMILES string of the molecule is CC(C)CC[C@@]1(C)NC(=O)N(C[NH+]2CCC(C)CC2)C1=O. The van der Waals surface area contributed by atoms with Crippen LogP contribution < -0.4 is 10.2 Å². The molecule has 1 atom stereocenters. The number of urea groups is 1. The average Bonchev–Trinajstić information content (AvgIpc) is 2.63. The minimum absolute atomic E-state index is 0.0423. The van der Waals surface area contributed by atoms with Crippen LogP contribution in [0.3, 0.4) is 0 Å². The zero-order chi connectivity index (χ0) is 15.6. The van der Waals surface area contributed by atoms with Gasteiger partial charge < -0.3 is 10.2 Å². The first kappa shape index (κ1) is 16.3. The largest absolute Gasteiger partial charge is 0.329 e. The first-order chi connectivity index (χ1) is 9.82. The number of imide groups is 1. The first-order valence-electron chi connectivity index (χ1n) is 8.29. The van der Waals surface area contributed by atoms with Gasteiger partial charge in [0.1, 0.15) is 5.54 Å². The highest BCUT2D eigenvalue weighted by Gasteiger charge is 2.48. The Morgan fingerprint density at radius 3 is 2.52 bits per heavy atom. The Hall–Kier alpha value is -1.10. The second-order valence-electron chi connectivity index (χ2n) is 7.52. The smallest absolute Gasteiger partial charge is 0.323 e. The van der Waals surface area contributed by atoms with Crippen LogP contribution in [0, 0.1) is 11.8 Å². The van der Waals surface area contributed by atoms with E-state index < -0.39 is 5.54 Å². The molecule has 0 saturated carbocycles. The summed E-state index contributed by atoms with van der Waals surface area (Å²) in [5, 5.41) is 2.91. The van der Waals surface area contributed by atoms with E-state index in [0.29, 0.717) is 12.6 Å². The predicted octanol–water partition coefficient (Wildman–Crippen LogP) is 1.01. The van der Waals surface area contributed by atoms with E-state index >= 15 is 0 Å². The molecule has 0 unspecified atom stereocenters. The molecule has 0 aromatic carbocycles. The fourth-order valence-electron chi connectivity index (χ4n) is 3.19. The van der Waals surface area contributed by atoms with Gasteiger partial charge in [0.15, 0.2) is 6.67 Å². The van der Waals surface area contributed by atoms with Crippen molar-refractivity contribution in [2.75, 3.05) is 19.8 Å². The van der Waals surface area contributed by atoms with Crippen molar-refractivity contribution < 1.29 is 14.5 Å². The molecule has 2 fully saturated rings. The fourth-order valence-corrected chi connectivity index (χ4v) is 3.19. The van der Waals surface area contributed by atoms with Crippen LogP contribution >= 0.6 is 0 Å². The van der Waals surface area contributed by atoms with Crippen LogP contribution in [-0.4, -0.2) is 42.1 Å². The minimum atomic E-state index is -0.704. The first-order valence-corrected chi connectivity index (χ1v) is 8.29. The van der Waals surface area contributed by atoms with Gasteiger partial charge in [-0.15, -0.1) is 0 Å². The lowest BCUT2D eigenvalue weighted by molar-refractivity contribution is -0.913. The molecule has 5 heteroatoms. The Labute approximate surface area is 128 Å². The van der Waals surface area contributed by atoms with Gasteiger partial charge in [-0.05, 0) is 44.4 Å². The maximum atomic E-state index is 12.6. The number of quaternary nitrogens is 1. The van der Waals surface area contributed by atoms with Gasteiger partial charge >= 0.3 is 6.03 Å². The van der Waals surface area contributed by atoms with Crippen molar-refractivity contribution in [3.8, 4) is 0 Å². The topological polar surface area (TPSA) is 53.9 Å². The molecule has 120 valence electrons. The summed E-state index contributed by atoms with van der Waals surface area (Å²) in [6.07, 6.45) is 4.04. The summed E-state index contributed by atoms with van der Waals surface area (Å²) >= 11 is 0. The van der Waals surface area contributed by atoms with E-state index in [1.165, 1.54) is 22.6 Å². The van der Waals surface area contributed by atoms with Gasteiger partial charge in [-0.1, -0.05) is 20.8 Å². The van der Waals surface area contributed by atoms with Gasteiger partial charge in [0.05, 0.1) is 13.1 Å². The van der Waals surface area contributed by atoms with E-state index in [1.54, 1.807) is 0 Å². The zero-order valence-corrected chi connectivity index (χ0v) is 13.9. The second kappa shape index (κ2) is 6.34. The van der Waals surface area contributed by atoms with Crippen LogP contribution in [0.5, 0.6) is 0 Å². The van der Waals surface area contributed by atoms with Gasteiger partial charge in [-0.25, -0.2) is 9.69 Å². The lowest BCUT2D eigenvalue weighted by atomic mass is 9.92. The molecule has 0 aromatic rings. The summed E-state index contributed by atoms with van der Waals surface area (Å²) in [6, 6.07) is -0.211. The molecule has 0 spiro atoms. The molecular formula is C16H30N3O2+. The normalized spacial score (nSPS) is 33.7. The molecule has 21 heavy (non-hydrogen) atoms. The van der Waals surface area contributed by atoms with Crippen LogP contribution in [0.25, 0.3) is 0 Å². The van der Waals surface area contributed by atoms with Crippen molar-refractivity contribution in [1.82, 2.24) is 10.2 Å². The zero-order valence-electron chi connectivity index (χ0n) is 13.9. The molecule has 5 nitrogen and oxygen atoms in total. The molecule has 2 aliphatic rings. The van der Waals surface area contributed by atoms with Crippen molar-refractivity contribution in [2.24, 2.45) is 11.8 Å². The van der Waals surface area contributed by atoms with E-state index in [1.807, 2.05) is 6.92 Å². The fraction of sp³-hybridized carbons (Fsp3) is 0.875. The molecule has 2 saturated heterocycles.